The van der Waals surface area contributed by atoms with Gasteiger partial charge >= 0.3 is 5.97 Å². The summed E-state index contributed by atoms with van der Waals surface area (Å²) < 4.78 is 15.1. The Hall–Kier alpha value is -3.01. The molecule has 1 aliphatic heterocycles. The molecule has 0 aromatic heterocycles. The topological polar surface area (TPSA) is 122 Å². The zero-order chi connectivity index (χ0) is 20.0. The Balaban J connectivity index is 2.30. The van der Waals surface area contributed by atoms with Crippen molar-refractivity contribution < 1.29 is 38.5 Å². The summed E-state index contributed by atoms with van der Waals surface area (Å²) in [6.07, 6.45) is 1.36. The number of aliphatic carboxylic acids is 1. The number of hydrogen-bond donors (Lipinski definition) is 0. The van der Waals surface area contributed by atoms with Crippen LogP contribution in [0.3, 0.4) is 0 Å². The maximum atomic E-state index is 12.4. The molecule has 1 aliphatic rings. The predicted octanol–water partition coefficient (Wildman–Crippen LogP) is 0.423. The van der Waals surface area contributed by atoms with Crippen LogP contribution in [0.5, 0.6) is 11.5 Å². The number of carboxylic acids is 1. The van der Waals surface area contributed by atoms with E-state index < -0.39 is 36.2 Å². The lowest BCUT2D eigenvalue weighted by atomic mass is 10.1. The van der Waals surface area contributed by atoms with E-state index in [0.717, 1.165) is 4.90 Å². The van der Waals surface area contributed by atoms with Crippen LogP contribution in [-0.2, 0) is 19.1 Å². The molecule has 27 heavy (non-hydrogen) atoms. The molecule has 1 saturated heterocycles. The van der Waals surface area contributed by atoms with Crippen LogP contribution < -0.4 is 14.6 Å². The Morgan fingerprint density at radius 2 is 2.04 bits per heavy atom. The van der Waals surface area contributed by atoms with Crippen LogP contribution >= 0.6 is 11.8 Å². The summed E-state index contributed by atoms with van der Waals surface area (Å²) >= 11 is 0.649. The Bertz CT molecular complexity index is 804. The number of amides is 2. The number of carboxylic acid groups (broad SMARTS) is 1. The van der Waals surface area contributed by atoms with Crippen molar-refractivity contribution in [2.45, 2.75) is 6.92 Å². The van der Waals surface area contributed by atoms with Crippen LogP contribution in [-0.4, -0.2) is 54.9 Å². The fourth-order valence-electron chi connectivity index (χ4n) is 2.21. The molecule has 0 unspecified atom stereocenters. The summed E-state index contributed by atoms with van der Waals surface area (Å²) in [4.78, 5) is 47.5. The number of para-hydroxylation sites is 1. The van der Waals surface area contributed by atoms with Gasteiger partial charge in [0.05, 0.1) is 24.6 Å². The van der Waals surface area contributed by atoms with E-state index in [2.05, 4.69) is 0 Å². The minimum absolute atomic E-state index is 0.0517. The minimum atomic E-state index is -1.43. The van der Waals surface area contributed by atoms with Gasteiger partial charge in [-0.15, -0.1) is 0 Å². The lowest BCUT2D eigenvalue weighted by Gasteiger charge is -2.14. The van der Waals surface area contributed by atoms with Gasteiger partial charge in [-0.3, -0.25) is 19.3 Å². The van der Waals surface area contributed by atoms with Crippen molar-refractivity contribution in [1.29, 1.82) is 0 Å². The first-order valence-electron chi connectivity index (χ1n) is 7.78. The molecule has 0 bridgehead atoms. The Labute approximate surface area is 158 Å². The fourth-order valence-corrected chi connectivity index (χ4v) is 3.04. The maximum Gasteiger partial charge on any atom is 0.326 e. The summed E-state index contributed by atoms with van der Waals surface area (Å²) in [6.45, 7) is 0.546. The van der Waals surface area contributed by atoms with Gasteiger partial charge in [0.25, 0.3) is 11.1 Å². The van der Waals surface area contributed by atoms with Crippen molar-refractivity contribution in [3.05, 3.63) is 28.7 Å². The van der Waals surface area contributed by atoms with Gasteiger partial charge in [0.15, 0.2) is 11.5 Å². The van der Waals surface area contributed by atoms with Gasteiger partial charge in [0.2, 0.25) is 0 Å². The van der Waals surface area contributed by atoms with Crippen molar-refractivity contribution in [1.82, 2.24) is 4.90 Å². The van der Waals surface area contributed by atoms with Crippen LogP contribution in [0, 0.1) is 0 Å². The summed E-state index contributed by atoms with van der Waals surface area (Å²) in [7, 11) is 1.37. The minimum Gasteiger partial charge on any atom is -0.546 e. The molecule has 1 aromatic rings. The normalized spacial score (nSPS) is 15.2. The highest BCUT2D eigenvalue weighted by Crippen LogP contribution is 2.37. The lowest BCUT2D eigenvalue weighted by Crippen LogP contribution is -2.34. The third kappa shape index (κ3) is 5.00. The molecular weight excluding hydrogens is 378 g/mol. The Kier molecular flexibility index (Phi) is 6.83. The first-order chi connectivity index (χ1) is 12.9. The van der Waals surface area contributed by atoms with E-state index in [1.807, 2.05) is 0 Å². The van der Waals surface area contributed by atoms with Crippen molar-refractivity contribution in [2.75, 3.05) is 26.9 Å². The number of rotatable bonds is 8. The molecule has 144 valence electrons. The van der Waals surface area contributed by atoms with E-state index in [-0.39, 0.29) is 23.0 Å². The van der Waals surface area contributed by atoms with E-state index in [1.54, 1.807) is 25.1 Å². The molecule has 0 radical (unpaired) electrons. The zero-order valence-electron chi connectivity index (χ0n) is 14.6. The third-order valence-corrected chi connectivity index (χ3v) is 4.22. The van der Waals surface area contributed by atoms with Crippen molar-refractivity contribution in [3.8, 4) is 11.5 Å². The summed E-state index contributed by atoms with van der Waals surface area (Å²) in [6, 6.07) is 4.72. The average Bonchev–Trinajstić information content (AvgIpc) is 2.88. The molecule has 1 heterocycles. The molecular formula is C17H16NO8S-. The molecule has 2 rings (SSSR count). The summed E-state index contributed by atoms with van der Waals surface area (Å²) in [5.41, 5.74) is 0.331. The Morgan fingerprint density at radius 3 is 2.67 bits per heavy atom. The van der Waals surface area contributed by atoms with Gasteiger partial charge in [-0.25, -0.2) is 0 Å². The number of esters is 1. The molecule has 2 amide bonds. The van der Waals surface area contributed by atoms with E-state index in [9.17, 15) is 24.3 Å². The van der Waals surface area contributed by atoms with Gasteiger partial charge in [0.1, 0.15) is 13.2 Å². The van der Waals surface area contributed by atoms with Gasteiger partial charge in [-0.05, 0) is 30.8 Å². The number of hydrogen-bond acceptors (Lipinski definition) is 9. The summed E-state index contributed by atoms with van der Waals surface area (Å²) in [5.74, 6) is -2.45. The number of carbonyl (C=O) groups is 4. The molecule has 0 N–H and O–H groups in total. The standard InChI is InChI=1S/C17H17NO8S/c1-3-25-14(21)8-18-16(22)12(27-17(18)23)7-10-5-4-6-11(24-2)15(10)26-9-13(19)20/h4-7H,3,8-9H2,1-2H3,(H,19,20)/p-1/b12-7+. The van der Waals surface area contributed by atoms with Crippen molar-refractivity contribution in [2.24, 2.45) is 0 Å². The highest BCUT2D eigenvalue weighted by atomic mass is 32.2. The number of benzene rings is 1. The Morgan fingerprint density at radius 1 is 1.30 bits per heavy atom. The van der Waals surface area contributed by atoms with E-state index in [1.165, 1.54) is 13.2 Å². The van der Waals surface area contributed by atoms with Crippen LogP contribution in [0.25, 0.3) is 6.08 Å². The average molecular weight is 394 g/mol. The number of carbonyl (C=O) groups excluding carboxylic acids is 4. The molecule has 0 spiro atoms. The number of ether oxygens (including phenoxy) is 3. The predicted molar refractivity (Wildman–Crippen MR) is 92.8 cm³/mol. The number of nitrogens with zero attached hydrogens (tertiary/aromatic N) is 1. The second-order valence-electron chi connectivity index (χ2n) is 5.11. The highest BCUT2D eigenvalue weighted by molar-refractivity contribution is 8.18. The highest BCUT2D eigenvalue weighted by Gasteiger charge is 2.36. The quantitative estimate of drug-likeness (QED) is 0.456. The molecule has 10 heteroatoms. The van der Waals surface area contributed by atoms with Crippen molar-refractivity contribution in [3.63, 3.8) is 0 Å². The van der Waals surface area contributed by atoms with Gasteiger partial charge < -0.3 is 24.1 Å². The molecule has 0 saturated carbocycles. The largest absolute Gasteiger partial charge is 0.546 e. The monoisotopic (exact) mass is 394 g/mol. The second kappa shape index (κ2) is 9.08. The SMILES string of the molecule is CCOC(=O)CN1C(=O)S/C(=C/c2cccc(OC)c2OCC(=O)[O-])C1=O. The van der Waals surface area contributed by atoms with Crippen molar-refractivity contribution >= 4 is 40.9 Å². The first kappa shape index (κ1) is 20.3. The van der Waals surface area contributed by atoms with Crippen LogP contribution in [0.4, 0.5) is 4.79 Å². The third-order valence-electron chi connectivity index (χ3n) is 3.32. The van der Waals surface area contributed by atoms with E-state index in [0.29, 0.717) is 17.3 Å². The van der Waals surface area contributed by atoms with E-state index in [4.69, 9.17) is 14.2 Å². The molecule has 1 aromatic carbocycles. The van der Waals surface area contributed by atoms with Crippen LogP contribution in [0.15, 0.2) is 23.1 Å². The van der Waals surface area contributed by atoms with E-state index >= 15 is 0 Å². The molecule has 0 aliphatic carbocycles. The van der Waals surface area contributed by atoms with Gasteiger partial charge in [-0.2, -0.15) is 0 Å². The molecule has 9 nitrogen and oxygen atoms in total. The van der Waals surface area contributed by atoms with Crippen LogP contribution in [0.1, 0.15) is 12.5 Å². The van der Waals surface area contributed by atoms with Crippen LogP contribution in [0.2, 0.25) is 0 Å². The maximum absolute atomic E-state index is 12.4. The number of imide groups is 1. The van der Waals surface area contributed by atoms with Gasteiger partial charge in [-0.1, -0.05) is 12.1 Å². The summed E-state index contributed by atoms with van der Waals surface area (Å²) in [5, 5.41) is 10.1. The second-order valence-corrected chi connectivity index (χ2v) is 6.11. The molecule has 1 fully saturated rings. The number of thioether (sulfide) groups is 1. The van der Waals surface area contributed by atoms with Gasteiger partial charge in [0, 0.05) is 5.56 Å². The fraction of sp³-hybridized carbons (Fsp3) is 0.294. The molecule has 0 atom stereocenters. The number of methoxy groups -OCH3 is 1. The lowest BCUT2D eigenvalue weighted by molar-refractivity contribution is -0.307. The first-order valence-corrected chi connectivity index (χ1v) is 8.59. The zero-order valence-corrected chi connectivity index (χ0v) is 15.4. The smallest absolute Gasteiger partial charge is 0.326 e.